The molecule has 1 atom stereocenters. The van der Waals surface area contributed by atoms with Crippen LogP contribution >= 0.6 is 0 Å². The third-order valence-corrected chi connectivity index (χ3v) is 3.59. The van der Waals surface area contributed by atoms with Gasteiger partial charge in [0.2, 0.25) is 0 Å². The van der Waals surface area contributed by atoms with Crippen LogP contribution in [-0.2, 0) is 11.3 Å². The number of nitro benzene ring substituents is 1. The first-order valence-corrected chi connectivity index (χ1v) is 7.46. The number of amides is 1. The number of quaternary nitrogens is 1. The summed E-state index contributed by atoms with van der Waals surface area (Å²) in [6.45, 7) is 2.54. The fourth-order valence-electron chi connectivity index (χ4n) is 2.34. The SMILES string of the molecule is Cc1ccc([N+](=O)[O-])cc1NC(=O)C[NH+](C)Cc1ccc(F)cc1. The molecule has 0 heterocycles. The molecule has 126 valence electrons. The summed E-state index contributed by atoms with van der Waals surface area (Å²) in [6, 6.07) is 10.5. The zero-order chi connectivity index (χ0) is 17.7. The molecule has 2 aromatic carbocycles. The van der Waals surface area contributed by atoms with Crippen LogP contribution in [0.2, 0.25) is 0 Å². The van der Waals surface area contributed by atoms with Crippen LogP contribution in [0.1, 0.15) is 11.1 Å². The fraction of sp³-hybridized carbons (Fsp3) is 0.235. The number of carbonyl (C=O) groups excluding carboxylic acids is 1. The Bertz CT molecular complexity index is 747. The molecule has 2 aromatic rings. The lowest BCUT2D eigenvalue weighted by Gasteiger charge is -2.14. The molecule has 1 amide bonds. The summed E-state index contributed by atoms with van der Waals surface area (Å²) in [7, 11) is 1.85. The van der Waals surface area contributed by atoms with E-state index in [9.17, 15) is 19.3 Å². The normalized spacial score (nSPS) is 11.8. The highest BCUT2D eigenvalue weighted by atomic mass is 19.1. The van der Waals surface area contributed by atoms with E-state index in [1.807, 2.05) is 7.05 Å². The Morgan fingerprint density at radius 1 is 1.25 bits per heavy atom. The van der Waals surface area contributed by atoms with Crippen molar-refractivity contribution < 1.29 is 19.0 Å². The number of aryl methyl sites for hydroxylation is 1. The minimum atomic E-state index is -0.499. The Labute approximate surface area is 139 Å². The van der Waals surface area contributed by atoms with Gasteiger partial charge in [-0.15, -0.1) is 0 Å². The van der Waals surface area contributed by atoms with Crippen LogP contribution in [0.3, 0.4) is 0 Å². The van der Waals surface area contributed by atoms with Crippen LogP contribution in [0.25, 0.3) is 0 Å². The molecule has 24 heavy (non-hydrogen) atoms. The summed E-state index contributed by atoms with van der Waals surface area (Å²) in [4.78, 5) is 23.4. The number of nitrogens with one attached hydrogen (secondary N) is 2. The number of likely N-dealkylation sites (N-methyl/N-ethyl adjacent to an activating group) is 1. The number of rotatable bonds is 6. The Morgan fingerprint density at radius 3 is 2.54 bits per heavy atom. The van der Waals surface area contributed by atoms with Gasteiger partial charge in [0.05, 0.1) is 17.7 Å². The number of hydrogen-bond acceptors (Lipinski definition) is 3. The molecule has 2 rings (SSSR count). The van der Waals surface area contributed by atoms with Crippen molar-refractivity contribution in [2.75, 3.05) is 18.9 Å². The molecule has 0 saturated carbocycles. The van der Waals surface area contributed by atoms with Crippen molar-refractivity contribution >= 4 is 17.3 Å². The molecule has 0 radical (unpaired) electrons. The molecule has 0 spiro atoms. The van der Waals surface area contributed by atoms with Gasteiger partial charge in [-0.2, -0.15) is 0 Å². The van der Waals surface area contributed by atoms with Crippen LogP contribution in [0.4, 0.5) is 15.8 Å². The predicted octanol–water partition coefficient (Wildman–Crippen LogP) is 1.70. The maximum absolute atomic E-state index is 12.9. The monoisotopic (exact) mass is 332 g/mol. The summed E-state index contributed by atoms with van der Waals surface area (Å²) in [5.41, 5.74) is 2.05. The number of nitro groups is 1. The molecule has 0 fully saturated rings. The second kappa shape index (κ2) is 7.65. The Kier molecular flexibility index (Phi) is 5.59. The lowest BCUT2D eigenvalue weighted by atomic mass is 10.2. The average molecular weight is 332 g/mol. The second-order valence-electron chi connectivity index (χ2n) is 5.74. The number of halogens is 1. The first-order chi connectivity index (χ1) is 11.3. The lowest BCUT2D eigenvalue weighted by Crippen LogP contribution is -3.08. The van der Waals surface area contributed by atoms with Gasteiger partial charge in [0.15, 0.2) is 6.54 Å². The van der Waals surface area contributed by atoms with Crippen molar-refractivity contribution in [1.82, 2.24) is 0 Å². The van der Waals surface area contributed by atoms with Crippen molar-refractivity contribution in [1.29, 1.82) is 0 Å². The van der Waals surface area contributed by atoms with E-state index in [0.717, 1.165) is 16.0 Å². The Morgan fingerprint density at radius 2 is 1.92 bits per heavy atom. The largest absolute Gasteiger partial charge is 0.326 e. The Balaban J connectivity index is 1.96. The third kappa shape index (κ3) is 4.85. The molecule has 0 aromatic heterocycles. The number of nitrogens with zero attached hydrogens (tertiary/aromatic N) is 1. The van der Waals surface area contributed by atoms with Crippen LogP contribution in [0.15, 0.2) is 42.5 Å². The van der Waals surface area contributed by atoms with E-state index < -0.39 is 4.92 Å². The highest BCUT2D eigenvalue weighted by molar-refractivity contribution is 5.92. The number of carbonyl (C=O) groups is 1. The highest BCUT2D eigenvalue weighted by Gasteiger charge is 2.14. The summed E-state index contributed by atoms with van der Waals surface area (Å²) >= 11 is 0. The van der Waals surface area contributed by atoms with E-state index in [2.05, 4.69) is 5.32 Å². The predicted molar refractivity (Wildman–Crippen MR) is 88.3 cm³/mol. The van der Waals surface area contributed by atoms with E-state index in [4.69, 9.17) is 0 Å². The maximum atomic E-state index is 12.9. The lowest BCUT2D eigenvalue weighted by molar-refractivity contribution is -0.885. The topological polar surface area (TPSA) is 76.7 Å². The van der Waals surface area contributed by atoms with Crippen LogP contribution in [-0.4, -0.2) is 24.4 Å². The first-order valence-electron chi connectivity index (χ1n) is 7.46. The van der Waals surface area contributed by atoms with Gasteiger partial charge < -0.3 is 10.2 Å². The van der Waals surface area contributed by atoms with Crippen LogP contribution in [0.5, 0.6) is 0 Å². The minimum Gasteiger partial charge on any atom is -0.326 e. The summed E-state index contributed by atoms with van der Waals surface area (Å²) in [5, 5.41) is 13.5. The van der Waals surface area contributed by atoms with Crippen molar-refractivity contribution in [3.8, 4) is 0 Å². The summed E-state index contributed by atoms with van der Waals surface area (Å²) in [6.07, 6.45) is 0. The quantitative estimate of drug-likeness (QED) is 0.624. The summed E-state index contributed by atoms with van der Waals surface area (Å²) in [5.74, 6) is -0.534. The van der Waals surface area contributed by atoms with Gasteiger partial charge >= 0.3 is 0 Å². The standard InChI is InChI=1S/C17H18FN3O3/c1-12-3-8-15(21(23)24)9-16(12)19-17(22)11-20(2)10-13-4-6-14(18)7-5-13/h3-9H,10-11H2,1-2H3,(H,19,22)/p+1. The van der Waals surface area contributed by atoms with Gasteiger partial charge in [-0.05, 0) is 24.6 Å². The van der Waals surface area contributed by atoms with Gasteiger partial charge in [-0.25, -0.2) is 4.39 Å². The molecule has 2 N–H and O–H groups in total. The number of non-ortho nitro benzene ring substituents is 1. The number of anilines is 1. The molecule has 0 aliphatic carbocycles. The molecule has 1 unspecified atom stereocenters. The van der Waals surface area contributed by atoms with E-state index in [1.165, 1.54) is 24.3 Å². The Hall–Kier alpha value is -2.80. The van der Waals surface area contributed by atoms with Gasteiger partial charge in [-0.1, -0.05) is 18.2 Å². The van der Waals surface area contributed by atoms with Crippen LogP contribution in [0, 0.1) is 22.9 Å². The average Bonchev–Trinajstić information content (AvgIpc) is 2.51. The zero-order valence-electron chi connectivity index (χ0n) is 13.5. The minimum absolute atomic E-state index is 0.0667. The van der Waals surface area contributed by atoms with Crippen molar-refractivity contribution in [2.45, 2.75) is 13.5 Å². The zero-order valence-corrected chi connectivity index (χ0v) is 13.5. The summed E-state index contributed by atoms with van der Waals surface area (Å²) < 4.78 is 12.9. The van der Waals surface area contributed by atoms with Crippen molar-refractivity contribution in [3.63, 3.8) is 0 Å². The molecular weight excluding hydrogens is 313 g/mol. The van der Waals surface area contributed by atoms with E-state index in [-0.39, 0.29) is 24.0 Å². The van der Waals surface area contributed by atoms with Crippen LogP contribution < -0.4 is 10.2 Å². The molecule has 0 aliphatic heterocycles. The van der Waals surface area contributed by atoms with E-state index in [0.29, 0.717) is 12.2 Å². The van der Waals surface area contributed by atoms with Gasteiger partial charge in [0, 0.05) is 17.7 Å². The third-order valence-electron chi connectivity index (χ3n) is 3.59. The first kappa shape index (κ1) is 17.6. The van der Waals surface area contributed by atoms with Gasteiger partial charge in [0.25, 0.3) is 11.6 Å². The van der Waals surface area contributed by atoms with Gasteiger partial charge in [0.1, 0.15) is 12.4 Å². The number of benzene rings is 2. The van der Waals surface area contributed by atoms with Crippen molar-refractivity contribution in [2.24, 2.45) is 0 Å². The van der Waals surface area contributed by atoms with E-state index in [1.54, 1.807) is 25.1 Å². The molecular formula is C17H19FN3O3+. The maximum Gasteiger partial charge on any atom is 0.279 e. The van der Waals surface area contributed by atoms with E-state index >= 15 is 0 Å². The number of hydrogen-bond donors (Lipinski definition) is 2. The molecule has 0 aliphatic rings. The van der Waals surface area contributed by atoms with Gasteiger partial charge in [-0.3, -0.25) is 14.9 Å². The molecule has 7 heteroatoms. The molecule has 0 saturated heterocycles. The van der Waals surface area contributed by atoms with Crippen molar-refractivity contribution in [3.05, 3.63) is 69.5 Å². The molecule has 6 nitrogen and oxygen atoms in total. The highest BCUT2D eigenvalue weighted by Crippen LogP contribution is 2.21. The fourth-order valence-corrected chi connectivity index (χ4v) is 2.34. The molecule has 0 bridgehead atoms. The second-order valence-corrected chi connectivity index (χ2v) is 5.74. The smallest absolute Gasteiger partial charge is 0.279 e.